The zero-order valence-corrected chi connectivity index (χ0v) is 31.6. The van der Waals surface area contributed by atoms with E-state index in [0.29, 0.717) is 0 Å². The molecular formula is C24H42F12N4O9S4. The van der Waals surface area contributed by atoms with Gasteiger partial charge in [0, 0.05) is 38.9 Å². The minimum atomic E-state index is -6.72. The topological polar surface area (TPSA) is 174 Å². The zero-order valence-electron chi connectivity index (χ0n) is 28.4. The molecule has 0 unspecified atom stereocenters. The highest BCUT2D eigenvalue weighted by Crippen LogP contribution is 2.37. The van der Waals surface area contributed by atoms with Gasteiger partial charge in [-0.25, -0.2) is 33.7 Å². The van der Waals surface area contributed by atoms with Crippen LogP contribution in [0, 0.1) is 0 Å². The number of hydrogen-bond acceptors (Lipinski definition) is 9. The molecule has 2 aliphatic rings. The number of halogens is 12. The monoisotopic (exact) mass is 886 g/mol. The van der Waals surface area contributed by atoms with Crippen LogP contribution in [-0.4, -0.2) is 130 Å². The summed E-state index contributed by atoms with van der Waals surface area (Å²) in [6.45, 7) is 17.8. The summed E-state index contributed by atoms with van der Waals surface area (Å²) < 4.78 is 227. The van der Waals surface area contributed by atoms with Crippen LogP contribution in [0.25, 0.3) is 8.25 Å². The zero-order chi connectivity index (χ0) is 41.8. The summed E-state index contributed by atoms with van der Waals surface area (Å²) in [6.07, 6.45) is 11.0. The Morgan fingerprint density at radius 2 is 0.679 bits per heavy atom. The lowest BCUT2D eigenvalue weighted by atomic mass is 10.2. The van der Waals surface area contributed by atoms with Gasteiger partial charge in [-0.1, -0.05) is 0 Å². The predicted octanol–water partition coefficient (Wildman–Crippen LogP) is 5.94. The molecular weight excluding hydrogens is 845 g/mol. The van der Waals surface area contributed by atoms with Crippen molar-refractivity contribution in [1.29, 1.82) is 0 Å². The van der Waals surface area contributed by atoms with Gasteiger partial charge in [0.15, 0.2) is 40.1 Å². The van der Waals surface area contributed by atoms with Crippen LogP contribution < -0.4 is 0 Å². The normalized spacial score (nSPS) is 18.5. The number of nitrogens with zero attached hydrogens (tertiary/aromatic N) is 4. The number of ether oxygens (including phenoxy) is 1. The minimum absolute atomic E-state index is 0.778. The van der Waals surface area contributed by atoms with E-state index in [4.69, 9.17) is 4.74 Å². The molecule has 0 spiro atoms. The third kappa shape index (κ3) is 16.8. The Kier molecular flexibility index (Phi) is 19.3. The fraction of sp³-hybridized carbons (Fsp3) is 1.00. The number of quaternary nitrogens is 2. The maximum absolute atomic E-state index is 11.4. The number of sulfonamides is 4. The van der Waals surface area contributed by atoms with Crippen LogP contribution in [0.2, 0.25) is 0 Å². The number of hydrogen-bond donors (Lipinski definition) is 0. The van der Waals surface area contributed by atoms with E-state index in [1.807, 2.05) is 0 Å². The summed E-state index contributed by atoms with van der Waals surface area (Å²) in [6, 6.07) is 0. The van der Waals surface area contributed by atoms with E-state index < -0.39 is 62.1 Å². The van der Waals surface area contributed by atoms with E-state index >= 15 is 0 Å². The lowest BCUT2D eigenvalue weighted by Gasteiger charge is -2.33. The van der Waals surface area contributed by atoms with Gasteiger partial charge < -0.3 is 22.0 Å². The summed E-state index contributed by atoms with van der Waals surface area (Å²) in [5.41, 5.74) is -24.8. The Balaban J connectivity index is 0.000000799. The summed E-state index contributed by atoms with van der Waals surface area (Å²) >= 11 is 0. The average molecular weight is 887 g/mol. The SMILES string of the molecule is CC[N+]1(CCCCOCCCC[N+]2(CC)CCCC2)CCCC1.O=S(=O)([N-]S(=O)(=O)C(F)(F)F)C(F)(F)F.O=S(=O)([N-]S(=O)(=O)C(F)(F)F)C(F)(F)F. The Morgan fingerprint density at radius 3 is 0.868 bits per heavy atom. The van der Waals surface area contributed by atoms with Crippen molar-refractivity contribution in [2.45, 2.75) is 87.2 Å². The van der Waals surface area contributed by atoms with Crippen LogP contribution in [0.3, 0.4) is 0 Å². The Hall–Kier alpha value is -1.24. The number of unbranched alkanes of at least 4 members (excludes halogenated alkanes) is 2. The summed E-state index contributed by atoms with van der Waals surface area (Å²) in [5, 5.41) is 0. The second-order valence-corrected chi connectivity index (χ2v) is 18.8. The van der Waals surface area contributed by atoms with E-state index in [1.165, 1.54) is 113 Å². The maximum atomic E-state index is 11.4. The molecule has 2 rings (SSSR count). The first-order valence-electron chi connectivity index (χ1n) is 15.7. The first-order chi connectivity index (χ1) is 23.7. The summed E-state index contributed by atoms with van der Waals surface area (Å²) in [5.74, 6) is 0. The van der Waals surface area contributed by atoms with Crippen LogP contribution in [0.15, 0.2) is 0 Å². The molecule has 2 fully saturated rings. The smallest absolute Gasteiger partial charge is 0.421 e. The molecule has 0 aromatic heterocycles. The lowest BCUT2D eigenvalue weighted by Crippen LogP contribution is -2.45. The van der Waals surface area contributed by atoms with Gasteiger partial charge in [0.2, 0.25) is 0 Å². The highest BCUT2D eigenvalue weighted by molar-refractivity contribution is 8.13. The average Bonchev–Trinajstić information content (AvgIpc) is 3.64. The third-order valence-electron chi connectivity index (χ3n) is 8.28. The molecule has 0 atom stereocenters. The maximum Gasteiger partial charge on any atom is 0.480 e. The molecule has 0 amide bonds. The molecule has 0 aromatic rings. The molecule has 53 heavy (non-hydrogen) atoms. The Morgan fingerprint density at radius 1 is 0.453 bits per heavy atom. The van der Waals surface area contributed by atoms with Gasteiger partial charge in [-0.3, -0.25) is 0 Å². The highest BCUT2D eigenvalue weighted by atomic mass is 32.3. The van der Waals surface area contributed by atoms with E-state index in [2.05, 4.69) is 13.8 Å². The molecule has 2 saturated heterocycles. The first kappa shape index (κ1) is 51.8. The molecule has 29 heteroatoms. The largest absolute Gasteiger partial charge is 0.480 e. The Bertz CT molecular complexity index is 1360. The van der Waals surface area contributed by atoms with Crippen LogP contribution in [0.5, 0.6) is 0 Å². The van der Waals surface area contributed by atoms with Crippen molar-refractivity contribution in [3.63, 3.8) is 0 Å². The van der Waals surface area contributed by atoms with Gasteiger partial charge in [-0.2, -0.15) is 52.7 Å². The molecule has 2 aliphatic heterocycles. The first-order valence-corrected chi connectivity index (χ1v) is 21.4. The van der Waals surface area contributed by atoms with Crippen LogP contribution >= 0.6 is 0 Å². The van der Waals surface area contributed by atoms with Gasteiger partial charge in [0.05, 0.1) is 52.4 Å². The van der Waals surface area contributed by atoms with Crippen LogP contribution in [-0.2, 0) is 44.8 Å². The molecule has 0 aromatic carbocycles. The van der Waals surface area contributed by atoms with Crippen molar-refractivity contribution in [1.82, 2.24) is 0 Å². The van der Waals surface area contributed by atoms with Crippen molar-refractivity contribution in [2.75, 3.05) is 65.6 Å². The quantitative estimate of drug-likeness (QED) is 0.103. The minimum Gasteiger partial charge on any atom is -0.421 e. The van der Waals surface area contributed by atoms with Crippen molar-refractivity contribution in [3.8, 4) is 0 Å². The highest BCUT2D eigenvalue weighted by Gasteiger charge is 2.48. The predicted molar refractivity (Wildman–Crippen MR) is 165 cm³/mol. The summed E-state index contributed by atoms with van der Waals surface area (Å²) in [7, 11) is -26.9. The molecule has 0 saturated carbocycles. The number of likely N-dealkylation sites (tertiary alicyclic amines) is 2. The van der Waals surface area contributed by atoms with Crippen molar-refractivity contribution >= 4 is 40.1 Å². The molecule has 0 aliphatic carbocycles. The third-order valence-corrected chi connectivity index (χ3v) is 13.8. The number of alkyl halides is 12. The second-order valence-electron chi connectivity index (χ2n) is 11.9. The van der Waals surface area contributed by atoms with E-state index in [9.17, 15) is 86.4 Å². The van der Waals surface area contributed by atoms with E-state index in [-0.39, 0.29) is 0 Å². The van der Waals surface area contributed by atoms with Crippen molar-refractivity contribution in [3.05, 3.63) is 8.25 Å². The standard InChI is InChI=1S/C20H42N2O.2C2F6NO4S2/c1-3-21(13-5-6-14-21)17-9-11-19-23-20-12-10-18-22(4-2)15-7-8-16-22;2*3-1(4,5)14(10,11)9-15(12,13)2(6,7)8/h3-20H2,1-2H3;;/q+2;2*-1. The van der Waals surface area contributed by atoms with Gasteiger partial charge in [-0.15, -0.1) is 0 Å². The Labute approximate surface area is 300 Å². The van der Waals surface area contributed by atoms with Gasteiger partial charge >= 0.3 is 22.0 Å². The number of rotatable bonds is 16. The molecule has 13 nitrogen and oxygen atoms in total. The lowest BCUT2D eigenvalue weighted by molar-refractivity contribution is -0.915. The van der Waals surface area contributed by atoms with Crippen molar-refractivity contribution < 1.29 is 100 Å². The fourth-order valence-electron chi connectivity index (χ4n) is 5.24. The van der Waals surface area contributed by atoms with Gasteiger partial charge in [0.25, 0.3) is 0 Å². The van der Waals surface area contributed by atoms with Crippen LogP contribution in [0.1, 0.15) is 65.2 Å². The molecule has 0 bridgehead atoms. The van der Waals surface area contributed by atoms with Gasteiger partial charge in [-0.05, 0) is 39.5 Å². The summed E-state index contributed by atoms with van der Waals surface area (Å²) in [4.78, 5) is 0. The van der Waals surface area contributed by atoms with Gasteiger partial charge in [0.1, 0.15) is 0 Å². The molecule has 0 N–H and O–H groups in total. The van der Waals surface area contributed by atoms with Crippen molar-refractivity contribution in [2.24, 2.45) is 0 Å². The molecule has 0 radical (unpaired) electrons. The second kappa shape index (κ2) is 19.8. The van der Waals surface area contributed by atoms with E-state index in [1.54, 1.807) is 0 Å². The van der Waals surface area contributed by atoms with E-state index in [0.717, 1.165) is 21.5 Å². The molecule has 2 heterocycles. The fourth-order valence-corrected chi connectivity index (χ4v) is 8.66. The van der Waals surface area contributed by atoms with Crippen LogP contribution in [0.4, 0.5) is 52.7 Å². The molecule has 320 valence electrons.